The molecule has 3 N–H and O–H groups in total. The summed E-state index contributed by atoms with van der Waals surface area (Å²) in [6.07, 6.45) is 3.97. The van der Waals surface area contributed by atoms with E-state index in [1.54, 1.807) is 11.8 Å². The third-order valence-corrected chi connectivity index (χ3v) is 4.84. The van der Waals surface area contributed by atoms with Crippen molar-refractivity contribution in [3.05, 3.63) is 0 Å². The van der Waals surface area contributed by atoms with Crippen LogP contribution in [0.15, 0.2) is 5.16 Å². The largest absolute Gasteiger partial charge is 0.409 e. The van der Waals surface area contributed by atoms with Gasteiger partial charge in [0.2, 0.25) is 5.91 Å². The first-order valence-electron chi connectivity index (χ1n) is 6.10. The lowest BCUT2D eigenvalue weighted by Crippen LogP contribution is -2.46. The molecule has 5 nitrogen and oxygen atoms in total. The highest BCUT2D eigenvalue weighted by molar-refractivity contribution is 8.00. The first-order valence-corrected chi connectivity index (χ1v) is 7.15. The van der Waals surface area contributed by atoms with Crippen LogP contribution in [-0.2, 0) is 4.79 Å². The Morgan fingerprint density at radius 2 is 2.24 bits per heavy atom. The molecule has 0 spiro atoms. The van der Waals surface area contributed by atoms with Crippen LogP contribution in [0.3, 0.4) is 0 Å². The van der Waals surface area contributed by atoms with Gasteiger partial charge in [-0.2, -0.15) is 0 Å². The lowest BCUT2D eigenvalue weighted by atomic mass is 9.96. The first kappa shape index (κ1) is 12.5. The van der Waals surface area contributed by atoms with Crippen molar-refractivity contribution in [1.29, 1.82) is 0 Å². The Balaban J connectivity index is 1.94. The van der Waals surface area contributed by atoms with E-state index in [2.05, 4.69) is 5.16 Å². The highest BCUT2D eigenvalue weighted by atomic mass is 32.2. The van der Waals surface area contributed by atoms with E-state index in [0.29, 0.717) is 6.54 Å². The van der Waals surface area contributed by atoms with E-state index in [9.17, 15) is 4.79 Å². The lowest BCUT2D eigenvalue weighted by Gasteiger charge is -2.33. The fourth-order valence-electron chi connectivity index (χ4n) is 2.48. The molecule has 2 aliphatic heterocycles. The summed E-state index contributed by atoms with van der Waals surface area (Å²) < 4.78 is 0. The van der Waals surface area contributed by atoms with Crippen LogP contribution in [0.1, 0.15) is 25.7 Å². The van der Waals surface area contributed by atoms with E-state index < -0.39 is 0 Å². The van der Waals surface area contributed by atoms with Crippen LogP contribution in [0, 0.1) is 5.92 Å². The van der Waals surface area contributed by atoms with Gasteiger partial charge in [0, 0.05) is 19.0 Å². The van der Waals surface area contributed by atoms with Gasteiger partial charge in [0.1, 0.15) is 5.84 Å². The molecule has 6 heteroatoms. The molecule has 0 aromatic heterocycles. The van der Waals surface area contributed by atoms with E-state index in [4.69, 9.17) is 10.9 Å². The van der Waals surface area contributed by atoms with E-state index >= 15 is 0 Å². The third kappa shape index (κ3) is 2.86. The molecule has 0 aromatic carbocycles. The van der Waals surface area contributed by atoms with E-state index in [1.165, 1.54) is 0 Å². The molecule has 2 aliphatic rings. The van der Waals surface area contributed by atoms with Crippen molar-refractivity contribution < 1.29 is 10.0 Å². The molecule has 2 fully saturated rings. The molecule has 96 valence electrons. The molecule has 2 unspecified atom stereocenters. The van der Waals surface area contributed by atoms with Gasteiger partial charge in [-0.25, -0.2) is 0 Å². The molecule has 0 saturated carbocycles. The zero-order valence-corrected chi connectivity index (χ0v) is 10.7. The molecular formula is C11H19N3O2S. The van der Waals surface area contributed by atoms with Gasteiger partial charge in [-0.05, 0) is 31.4 Å². The molecule has 1 amide bonds. The summed E-state index contributed by atoms with van der Waals surface area (Å²) in [6.45, 7) is 1.41. The summed E-state index contributed by atoms with van der Waals surface area (Å²) in [4.78, 5) is 14.1. The number of nitrogens with zero attached hydrogens (tertiary/aromatic N) is 2. The maximum atomic E-state index is 12.2. The molecular weight excluding hydrogens is 238 g/mol. The van der Waals surface area contributed by atoms with Crippen LogP contribution in [0.25, 0.3) is 0 Å². The Kier molecular flexibility index (Phi) is 4.15. The van der Waals surface area contributed by atoms with Crippen LogP contribution in [0.4, 0.5) is 0 Å². The smallest absolute Gasteiger partial charge is 0.235 e. The summed E-state index contributed by atoms with van der Waals surface area (Å²) in [5.74, 6) is 1.60. The van der Waals surface area contributed by atoms with Gasteiger partial charge in [0.05, 0.1) is 5.25 Å². The number of carbonyl (C=O) groups excluding carboxylic acids is 1. The third-order valence-electron chi connectivity index (χ3n) is 3.47. The Labute approximate surface area is 105 Å². The number of piperidine rings is 1. The molecule has 0 bridgehead atoms. The van der Waals surface area contributed by atoms with Crippen molar-refractivity contribution in [1.82, 2.24) is 4.90 Å². The molecule has 17 heavy (non-hydrogen) atoms. The molecule has 0 radical (unpaired) electrons. The summed E-state index contributed by atoms with van der Waals surface area (Å²) in [6, 6.07) is 0. The van der Waals surface area contributed by atoms with Crippen LogP contribution >= 0.6 is 11.8 Å². The number of carbonyl (C=O) groups is 1. The van der Waals surface area contributed by atoms with Crippen molar-refractivity contribution in [3.8, 4) is 0 Å². The SMILES string of the molecule is NC(=NO)C1CCCN(C(=O)C2CCCS2)C1. The number of likely N-dealkylation sites (tertiary alicyclic amines) is 1. The van der Waals surface area contributed by atoms with Gasteiger partial charge < -0.3 is 15.8 Å². The molecule has 0 aliphatic carbocycles. The van der Waals surface area contributed by atoms with Crippen LogP contribution in [0.5, 0.6) is 0 Å². The first-order chi connectivity index (χ1) is 8.22. The summed E-state index contributed by atoms with van der Waals surface area (Å²) in [5.41, 5.74) is 5.62. The number of amidine groups is 1. The van der Waals surface area contributed by atoms with Gasteiger partial charge in [-0.1, -0.05) is 5.16 Å². The summed E-state index contributed by atoms with van der Waals surface area (Å²) in [7, 11) is 0. The summed E-state index contributed by atoms with van der Waals surface area (Å²) in [5, 5.41) is 11.9. The van der Waals surface area contributed by atoms with Crippen molar-refractivity contribution >= 4 is 23.5 Å². The molecule has 0 aromatic rings. The minimum absolute atomic E-state index is 0.0177. The maximum Gasteiger partial charge on any atom is 0.235 e. The second-order valence-corrected chi connectivity index (χ2v) is 5.96. The van der Waals surface area contributed by atoms with Crippen molar-refractivity contribution in [3.63, 3.8) is 0 Å². The minimum Gasteiger partial charge on any atom is -0.409 e. The van der Waals surface area contributed by atoms with Gasteiger partial charge in [-0.15, -0.1) is 11.8 Å². The standard InChI is InChI=1S/C11H19N3O2S/c12-10(13-16)8-3-1-5-14(7-8)11(15)9-4-2-6-17-9/h8-9,16H,1-7H2,(H2,12,13). The van der Waals surface area contributed by atoms with Crippen molar-refractivity contribution in [2.75, 3.05) is 18.8 Å². The fourth-order valence-corrected chi connectivity index (χ4v) is 3.72. The lowest BCUT2D eigenvalue weighted by molar-refractivity contribution is -0.131. The number of nitrogens with two attached hydrogens (primary N) is 1. The second-order valence-electron chi connectivity index (χ2n) is 4.65. The monoisotopic (exact) mass is 257 g/mol. The maximum absolute atomic E-state index is 12.2. The van der Waals surface area contributed by atoms with E-state index in [0.717, 1.165) is 38.0 Å². The van der Waals surface area contributed by atoms with E-state index in [1.807, 2.05) is 4.90 Å². The van der Waals surface area contributed by atoms with Gasteiger partial charge >= 0.3 is 0 Å². The average molecular weight is 257 g/mol. The predicted octanol–water partition coefficient (Wildman–Crippen LogP) is 0.867. The fraction of sp³-hybridized carbons (Fsp3) is 0.818. The van der Waals surface area contributed by atoms with Crippen LogP contribution in [0.2, 0.25) is 0 Å². The highest BCUT2D eigenvalue weighted by Crippen LogP contribution is 2.29. The minimum atomic E-state index is 0.0177. The number of hydrogen-bond acceptors (Lipinski definition) is 4. The highest BCUT2D eigenvalue weighted by Gasteiger charge is 2.32. The second kappa shape index (κ2) is 5.62. The van der Waals surface area contributed by atoms with Crippen molar-refractivity contribution in [2.45, 2.75) is 30.9 Å². The number of hydrogen-bond donors (Lipinski definition) is 2. The molecule has 2 atom stereocenters. The topological polar surface area (TPSA) is 78.9 Å². The number of thioether (sulfide) groups is 1. The zero-order chi connectivity index (χ0) is 12.3. The predicted molar refractivity (Wildman–Crippen MR) is 68.2 cm³/mol. The van der Waals surface area contributed by atoms with Gasteiger partial charge in [0.15, 0.2) is 0 Å². The average Bonchev–Trinajstić information content (AvgIpc) is 2.91. The number of rotatable bonds is 2. The quantitative estimate of drug-likeness (QED) is 0.333. The van der Waals surface area contributed by atoms with Gasteiger partial charge in [0.25, 0.3) is 0 Å². The number of amides is 1. The molecule has 2 saturated heterocycles. The summed E-state index contributed by atoms with van der Waals surface area (Å²) >= 11 is 1.76. The Morgan fingerprint density at radius 1 is 1.41 bits per heavy atom. The Morgan fingerprint density at radius 3 is 2.88 bits per heavy atom. The molecule has 2 rings (SSSR count). The zero-order valence-electron chi connectivity index (χ0n) is 9.84. The van der Waals surface area contributed by atoms with Crippen LogP contribution in [-0.4, -0.2) is 45.9 Å². The molecule has 2 heterocycles. The Hall–Kier alpha value is -0.910. The van der Waals surface area contributed by atoms with Crippen molar-refractivity contribution in [2.24, 2.45) is 16.8 Å². The Bertz CT molecular complexity index is 316. The normalized spacial score (nSPS) is 30.6. The van der Waals surface area contributed by atoms with Gasteiger partial charge in [-0.3, -0.25) is 4.79 Å². The van der Waals surface area contributed by atoms with Crippen LogP contribution < -0.4 is 5.73 Å². The van der Waals surface area contributed by atoms with E-state index in [-0.39, 0.29) is 22.9 Å². The number of oxime groups is 1.